The van der Waals surface area contributed by atoms with Gasteiger partial charge in [0, 0.05) is 23.9 Å². The molecule has 4 nitrogen and oxygen atoms in total. The molecular weight excluding hydrogens is 340 g/mol. The van der Waals surface area contributed by atoms with Crippen LogP contribution >= 0.6 is 11.6 Å². The van der Waals surface area contributed by atoms with Gasteiger partial charge in [-0.15, -0.1) is 0 Å². The second-order valence-electron chi connectivity index (χ2n) is 6.08. The van der Waals surface area contributed by atoms with Crippen molar-refractivity contribution in [1.29, 1.82) is 0 Å². The summed E-state index contributed by atoms with van der Waals surface area (Å²) in [6, 6.07) is 11.9. The average molecular weight is 357 g/mol. The Morgan fingerprint density at radius 1 is 1.12 bits per heavy atom. The average Bonchev–Trinajstić information content (AvgIpc) is 2.55. The maximum atomic E-state index is 13.1. The zero-order valence-electron chi connectivity index (χ0n) is 14.1. The van der Waals surface area contributed by atoms with Crippen molar-refractivity contribution < 1.29 is 13.9 Å². The second kappa shape index (κ2) is 6.73. The predicted molar refractivity (Wildman–Crippen MR) is 98.3 cm³/mol. The van der Waals surface area contributed by atoms with Gasteiger partial charge in [-0.05, 0) is 29.8 Å². The van der Waals surface area contributed by atoms with E-state index in [1.54, 1.807) is 42.5 Å². The molecule has 1 heterocycles. The zero-order valence-corrected chi connectivity index (χ0v) is 14.9. The fraction of sp³-hybridized carbons (Fsp3) is 0.200. The molecule has 1 aromatic heterocycles. The van der Waals surface area contributed by atoms with Crippen molar-refractivity contribution in [2.75, 3.05) is 0 Å². The Hall–Kier alpha value is -2.59. The largest absolute Gasteiger partial charge is 0.460 e. The minimum absolute atomic E-state index is 0.000148. The molecule has 0 atom stereocenters. The molecule has 3 aromatic rings. The summed E-state index contributed by atoms with van der Waals surface area (Å²) in [4.78, 5) is 24.2. The van der Waals surface area contributed by atoms with Crippen LogP contribution in [-0.2, 0) is 4.79 Å². The molecule has 0 fully saturated rings. The molecule has 0 amide bonds. The van der Waals surface area contributed by atoms with E-state index in [-0.39, 0.29) is 11.3 Å². The quantitative estimate of drug-likeness (QED) is 0.480. The third-order valence-electron chi connectivity index (χ3n) is 3.81. The van der Waals surface area contributed by atoms with Crippen molar-refractivity contribution >= 4 is 28.5 Å². The summed E-state index contributed by atoms with van der Waals surface area (Å²) in [7, 11) is 0. The fourth-order valence-corrected chi connectivity index (χ4v) is 2.84. The number of rotatable bonds is 3. The predicted octanol–water partition coefficient (Wildman–Crippen LogP) is 5.16. The third kappa shape index (κ3) is 3.44. The van der Waals surface area contributed by atoms with Gasteiger partial charge in [0.2, 0.25) is 5.43 Å². The van der Waals surface area contributed by atoms with E-state index in [0.29, 0.717) is 33.1 Å². The van der Waals surface area contributed by atoms with Gasteiger partial charge in [-0.3, -0.25) is 9.59 Å². The van der Waals surface area contributed by atoms with Crippen LogP contribution in [0.4, 0.5) is 0 Å². The number of hydrogen-bond acceptors (Lipinski definition) is 4. The summed E-state index contributed by atoms with van der Waals surface area (Å²) >= 11 is 5.95. The molecule has 0 saturated heterocycles. The lowest BCUT2D eigenvalue weighted by Crippen LogP contribution is -2.10. The van der Waals surface area contributed by atoms with Crippen LogP contribution in [0.5, 0.6) is 5.75 Å². The Bertz CT molecular complexity index is 1000. The molecule has 0 saturated carbocycles. The monoisotopic (exact) mass is 356 g/mol. The van der Waals surface area contributed by atoms with Gasteiger partial charge in [-0.25, -0.2) is 0 Å². The summed E-state index contributed by atoms with van der Waals surface area (Å²) in [5.74, 6) is 0.501. The third-order valence-corrected chi connectivity index (χ3v) is 4.06. The van der Waals surface area contributed by atoms with Gasteiger partial charge in [0.25, 0.3) is 0 Å². The number of benzene rings is 2. The van der Waals surface area contributed by atoms with E-state index >= 15 is 0 Å². The smallest absolute Gasteiger partial charge is 0.308 e. The molecule has 0 bridgehead atoms. The Morgan fingerprint density at radius 2 is 1.80 bits per heavy atom. The van der Waals surface area contributed by atoms with E-state index < -0.39 is 5.97 Å². The number of carbonyl (C=O) groups excluding carboxylic acids is 1. The van der Waals surface area contributed by atoms with E-state index in [0.717, 1.165) is 5.56 Å². The Morgan fingerprint density at radius 3 is 2.40 bits per heavy atom. The SMILES string of the molecule is CC(=O)Oc1ccc2c(=O)c(-c3ccc(Cl)cc3)c(C(C)C)oc2c1. The fourth-order valence-electron chi connectivity index (χ4n) is 2.72. The van der Waals surface area contributed by atoms with Crippen molar-refractivity contribution in [3.63, 3.8) is 0 Å². The molecule has 0 aliphatic rings. The maximum Gasteiger partial charge on any atom is 0.308 e. The summed E-state index contributed by atoms with van der Waals surface area (Å²) in [6.07, 6.45) is 0. The van der Waals surface area contributed by atoms with E-state index in [1.807, 2.05) is 13.8 Å². The molecule has 128 valence electrons. The first-order valence-electron chi connectivity index (χ1n) is 7.92. The highest BCUT2D eigenvalue weighted by Gasteiger charge is 2.19. The van der Waals surface area contributed by atoms with Gasteiger partial charge in [-0.1, -0.05) is 37.6 Å². The van der Waals surface area contributed by atoms with Crippen molar-refractivity contribution in [2.45, 2.75) is 26.7 Å². The summed E-state index contributed by atoms with van der Waals surface area (Å²) in [5, 5.41) is 1.04. The molecule has 0 spiro atoms. The molecule has 0 aliphatic heterocycles. The van der Waals surface area contributed by atoms with Crippen LogP contribution < -0.4 is 10.2 Å². The molecular formula is C20H17ClO4. The Balaban J connectivity index is 2.28. The lowest BCUT2D eigenvalue weighted by atomic mass is 9.97. The van der Waals surface area contributed by atoms with E-state index in [9.17, 15) is 9.59 Å². The van der Waals surface area contributed by atoms with Crippen molar-refractivity contribution in [1.82, 2.24) is 0 Å². The molecule has 3 rings (SSSR count). The first-order valence-corrected chi connectivity index (χ1v) is 8.29. The minimum Gasteiger partial charge on any atom is -0.460 e. The highest BCUT2D eigenvalue weighted by atomic mass is 35.5. The molecule has 0 radical (unpaired) electrons. The molecule has 5 heteroatoms. The van der Waals surface area contributed by atoms with Gasteiger partial charge >= 0.3 is 5.97 Å². The standard InChI is InChI=1S/C20H17ClO4/c1-11(2)20-18(13-4-6-14(21)7-5-13)19(23)16-9-8-15(24-12(3)22)10-17(16)25-20/h4-11H,1-3H3. The zero-order chi connectivity index (χ0) is 18.1. The van der Waals surface area contributed by atoms with E-state index in [2.05, 4.69) is 0 Å². The van der Waals surface area contributed by atoms with Crippen LogP contribution in [0.3, 0.4) is 0 Å². The Labute approximate surface area is 150 Å². The van der Waals surface area contributed by atoms with Gasteiger partial charge in [0.05, 0.1) is 10.9 Å². The van der Waals surface area contributed by atoms with E-state index in [1.165, 1.54) is 6.92 Å². The minimum atomic E-state index is -0.427. The first-order chi connectivity index (χ1) is 11.9. The number of hydrogen-bond donors (Lipinski definition) is 0. The van der Waals surface area contributed by atoms with Gasteiger partial charge in [-0.2, -0.15) is 0 Å². The lowest BCUT2D eigenvalue weighted by molar-refractivity contribution is -0.131. The first kappa shape index (κ1) is 17.2. The Kier molecular flexibility index (Phi) is 4.64. The van der Waals surface area contributed by atoms with Gasteiger partial charge in [0.15, 0.2) is 0 Å². The van der Waals surface area contributed by atoms with Crippen LogP contribution in [0.15, 0.2) is 51.7 Å². The molecule has 25 heavy (non-hydrogen) atoms. The van der Waals surface area contributed by atoms with Crippen LogP contribution in [0.2, 0.25) is 5.02 Å². The number of ether oxygens (including phenoxy) is 1. The van der Waals surface area contributed by atoms with Crippen molar-refractivity contribution in [3.8, 4) is 16.9 Å². The van der Waals surface area contributed by atoms with Crippen molar-refractivity contribution in [2.24, 2.45) is 0 Å². The molecule has 0 aliphatic carbocycles. The highest BCUT2D eigenvalue weighted by Crippen LogP contribution is 2.31. The number of carbonyl (C=O) groups is 1. The van der Waals surface area contributed by atoms with Gasteiger partial charge < -0.3 is 9.15 Å². The normalized spacial score (nSPS) is 11.1. The van der Waals surface area contributed by atoms with E-state index in [4.69, 9.17) is 20.8 Å². The number of fused-ring (bicyclic) bond motifs is 1. The second-order valence-corrected chi connectivity index (χ2v) is 6.52. The summed E-state index contributed by atoms with van der Waals surface area (Å²) in [6.45, 7) is 5.24. The van der Waals surface area contributed by atoms with Crippen LogP contribution in [0, 0.1) is 0 Å². The van der Waals surface area contributed by atoms with Crippen LogP contribution in [0.1, 0.15) is 32.4 Å². The summed E-state index contributed by atoms with van der Waals surface area (Å²) < 4.78 is 11.1. The van der Waals surface area contributed by atoms with Crippen LogP contribution in [0.25, 0.3) is 22.1 Å². The highest BCUT2D eigenvalue weighted by molar-refractivity contribution is 6.30. The van der Waals surface area contributed by atoms with Gasteiger partial charge in [0.1, 0.15) is 17.1 Å². The lowest BCUT2D eigenvalue weighted by Gasteiger charge is -2.13. The van der Waals surface area contributed by atoms with Crippen molar-refractivity contribution in [3.05, 3.63) is 63.5 Å². The van der Waals surface area contributed by atoms with Crippen LogP contribution in [-0.4, -0.2) is 5.97 Å². The molecule has 0 N–H and O–H groups in total. The number of halogens is 1. The maximum absolute atomic E-state index is 13.1. The summed E-state index contributed by atoms with van der Waals surface area (Å²) in [5.41, 5.74) is 1.55. The molecule has 0 unspecified atom stereocenters. The molecule has 2 aromatic carbocycles. The topological polar surface area (TPSA) is 56.5 Å². The number of esters is 1.